The van der Waals surface area contributed by atoms with Crippen LogP contribution in [0.15, 0.2) is 0 Å². The quantitative estimate of drug-likeness (QED) is 0.244. The topological polar surface area (TPSA) is 0 Å². The Hall–Kier alpha value is 0.480. The predicted octanol–water partition coefficient (Wildman–Crippen LogP) is 7.35. The molecule has 0 spiro atoms. The van der Waals surface area contributed by atoms with Crippen LogP contribution in [0.2, 0.25) is 0 Å². The second kappa shape index (κ2) is 13.5. The summed E-state index contributed by atoms with van der Waals surface area (Å²) in [5.74, 6) is 1.67. The normalized spacial score (nSPS) is 14.8. The van der Waals surface area contributed by atoms with Crippen molar-refractivity contribution in [2.24, 2.45) is 11.8 Å². The number of unbranched alkanes of at least 4 members (excludes halogenated alkanes) is 9. The molecule has 0 heterocycles. The Morgan fingerprint density at radius 2 is 1.11 bits per heavy atom. The van der Waals surface area contributed by atoms with Crippen LogP contribution >= 0.6 is 15.9 Å². The first-order chi connectivity index (χ1) is 9.09. The minimum atomic E-state index is 0.672. The third kappa shape index (κ3) is 12.0. The summed E-state index contributed by atoms with van der Waals surface area (Å²) in [6, 6.07) is 0. The summed E-state index contributed by atoms with van der Waals surface area (Å²) in [4.78, 5) is 0.672. The van der Waals surface area contributed by atoms with E-state index in [1.807, 2.05) is 0 Å². The first-order valence-corrected chi connectivity index (χ1v) is 9.65. The van der Waals surface area contributed by atoms with Gasteiger partial charge in [0.05, 0.1) is 0 Å². The molecule has 116 valence electrons. The Bertz CT molecular complexity index is 167. The molecule has 0 bridgehead atoms. The van der Waals surface area contributed by atoms with E-state index in [4.69, 9.17) is 0 Å². The smallest absolute Gasteiger partial charge is 0.0148 e. The lowest BCUT2D eigenvalue weighted by Gasteiger charge is -2.23. The lowest BCUT2D eigenvalue weighted by Crippen LogP contribution is -2.17. The second-order valence-electron chi connectivity index (χ2n) is 6.56. The first kappa shape index (κ1) is 19.5. The molecule has 0 rings (SSSR count). The Morgan fingerprint density at radius 3 is 1.47 bits per heavy atom. The van der Waals surface area contributed by atoms with E-state index in [0.29, 0.717) is 4.83 Å². The van der Waals surface area contributed by atoms with Crippen LogP contribution in [0.25, 0.3) is 0 Å². The van der Waals surface area contributed by atoms with Gasteiger partial charge < -0.3 is 0 Å². The maximum atomic E-state index is 3.77. The van der Waals surface area contributed by atoms with Crippen LogP contribution in [0.5, 0.6) is 0 Å². The number of hydrogen-bond acceptors (Lipinski definition) is 0. The summed E-state index contributed by atoms with van der Waals surface area (Å²) in [5, 5.41) is 0. The van der Waals surface area contributed by atoms with Gasteiger partial charge in [-0.25, -0.2) is 0 Å². The molecule has 0 saturated heterocycles. The van der Waals surface area contributed by atoms with Crippen LogP contribution < -0.4 is 0 Å². The highest BCUT2D eigenvalue weighted by Gasteiger charge is 2.17. The van der Waals surface area contributed by atoms with E-state index >= 15 is 0 Å². The summed E-state index contributed by atoms with van der Waals surface area (Å²) < 4.78 is 0. The molecular formula is C18H37Br. The highest BCUT2D eigenvalue weighted by Crippen LogP contribution is 2.27. The van der Waals surface area contributed by atoms with Gasteiger partial charge in [-0.1, -0.05) is 108 Å². The van der Waals surface area contributed by atoms with Gasteiger partial charge in [-0.15, -0.1) is 0 Å². The molecule has 0 radical (unpaired) electrons. The SMILES string of the molecule is CCCCCCCCCCCCC(C(C)C)C(C)Br. The Morgan fingerprint density at radius 1 is 0.684 bits per heavy atom. The first-order valence-electron chi connectivity index (χ1n) is 8.73. The van der Waals surface area contributed by atoms with Gasteiger partial charge in [0.2, 0.25) is 0 Å². The van der Waals surface area contributed by atoms with Crippen molar-refractivity contribution in [1.29, 1.82) is 0 Å². The van der Waals surface area contributed by atoms with Gasteiger partial charge >= 0.3 is 0 Å². The zero-order chi connectivity index (χ0) is 14.5. The van der Waals surface area contributed by atoms with E-state index < -0.39 is 0 Å². The fourth-order valence-corrected chi connectivity index (χ4v) is 3.84. The molecule has 0 N–H and O–H groups in total. The minimum Gasteiger partial charge on any atom is -0.0891 e. The number of halogens is 1. The lowest BCUT2D eigenvalue weighted by molar-refractivity contribution is 0.346. The van der Waals surface area contributed by atoms with Crippen LogP contribution in [-0.4, -0.2) is 4.83 Å². The molecule has 0 nitrogen and oxygen atoms in total. The molecular weight excluding hydrogens is 296 g/mol. The average Bonchev–Trinajstić information content (AvgIpc) is 2.35. The lowest BCUT2D eigenvalue weighted by atomic mass is 9.88. The van der Waals surface area contributed by atoms with Crippen molar-refractivity contribution in [2.75, 3.05) is 0 Å². The molecule has 0 aliphatic heterocycles. The van der Waals surface area contributed by atoms with Gasteiger partial charge in [-0.3, -0.25) is 0 Å². The van der Waals surface area contributed by atoms with Crippen molar-refractivity contribution in [3.8, 4) is 0 Å². The third-order valence-electron chi connectivity index (χ3n) is 4.34. The molecule has 2 unspecified atom stereocenters. The van der Waals surface area contributed by atoms with E-state index in [9.17, 15) is 0 Å². The van der Waals surface area contributed by atoms with Gasteiger partial charge in [0.25, 0.3) is 0 Å². The zero-order valence-electron chi connectivity index (χ0n) is 13.9. The average molecular weight is 333 g/mol. The van der Waals surface area contributed by atoms with Crippen molar-refractivity contribution in [3.05, 3.63) is 0 Å². The molecule has 0 aromatic carbocycles. The standard InChI is InChI=1S/C18H37Br/c1-5-6-7-8-9-10-11-12-13-14-15-18(16(2)3)17(4)19/h16-18H,5-15H2,1-4H3. The molecule has 1 heteroatoms. The van der Waals surface area contributed by atoms with E-state index in [2.05, 4.69) is 43.6 Å². The van der Waals surface area contributed by atoms with Gasteiger partial charge in [-0.2, -0.15) is 0 Å². The largest absolute Gasteiger partial charge is 0.0891 e. The summed E-state index contributed by atoms with van der Waals surface area (Å²) in [6.07, 6.45) is 15.8. The van der Waals surface area contributed by atoms with Gasteiger partial charge in [0.15, 0.2) is 0 Å². The van der Waals surface area contributed by atoms with Crippen LogP contribution in [-0.2, 0) is 0 Å². The molecule has 0 amide bonds. The minimum absolute atomic E-state index is 0.672. The van der Waals surface area contributed by atoms with E-state index in [1.54, 1.807) is 0 Å². The number of alkyl halides is 1. The van der Waals surface area contributed by atoms with Crippen molar-refractivity contribution in [2.45, 2.75) is 103 Å². The van der Waals surface area contributed by atoms with Gasteiger partial charge in [-0.05, 0) is 18.3 Å². The maximum Gasteiger partial charge on any atom is 0.0148 e. The van der Waals surface area contributed by atoms with E-state index in [1.165, 1.54) is 70.6 Å². The van der Waals surface area contributed by atoms with E-state index in [-0.39, 0.29) is 0 Å². The van der Waals surface area contributed by atoms with E-state index in [0.717, 1.165) is 11.8 Å². The summed E-state index contributed by atoms with van der Waals surface area (Å²) in [6.45, 7) is 9.32. The highest BCUT2D eigenvalue weighted by atomic mass is 79.9. The third-order valence-corrected chi connectivity index (χ3v) is 5.02. The Balaban J connectivity index is 3.30. The summed E-state index contributed by atoms with van der Waals surface area (Å²) >= 11 is 3.77. The molecule has 0 aliphatic carbocycles. The molecule has 0 aromatic rings. The zero-order valence-corrected chi connectivity index (χ0v) is 15.5. The Labute approximate surface area is 131 Å². The number of rotatable bonds is 13. The van der Waals surface area contributed by atoms with Crippen LogP contribution in [0, 0.1) is 11.8 Å². The summed E-state index contributed by atoms with van der Waals surface area (Å²) in [7, 11) is 0. The molecule has 19 heavy (non-hydrogen) atoms. The second-order valence-corrected chi connectivity index (χ2v) is 8.00. The number of hydrogen-bond donors (Lipinski definition) is 0. The highest BCUT2D eigenvalue weighted by molar-refractivity contribution is 9.09. The van der Waals surface area contributed by atoms with Crippen LogP contribution in [0.4, 0.5) is 0 Å². The Kier molecular flexibility index (Phi) is 13.8. The molecule has 2 atom stereocenters. The van der Waals surface area contributed by atoms with Crippen molar-refractivity contribution in [3.63, 3.8) is 0 Å². The van der Waals surface area contributed by atoms with Crippen molar-refractivity contribution < 1.29 is 0 Å². The van der Waals surface area contributed by atoms with Crippen molar-refractivity contribution >= 4 is 15.9 Å². The van der Waals surface area contributed by atoms with Crippen molar-refractivity contribution in [1.82, 2.24) is 0 Å². The fraction of sp³-hybridized carbons (Fsp3) is 1.00. The maximum absolute atomic E-state index is 3.77. The molecule has 0 saturated carbocycles. The fourth-order valence-electron chi connectivity index (χ4n) is 2.96. The van der Waals surface area contributed by atoms with Crippen LogP contribution in [0.1, 0.15) is 98.3 Å². The predicted molar refractivity (Wildman–Crippen MR) is 93.2 cm³/mol. The van der Waals surface area contributed by atoms with Gasteiger partial charge in [0.1, 0.15) is 0 Å². The van der Waals surface area contributed by atoms with Crippen LogP contribution in [0.3, 0.4) is 0 Å². The van der Waals surface area contributed by atoms with Gasteiger partial charge in [0, 0.05) is 4.83 Å². The molecule has 0 fully saturated rings. The summed E-state index contributed by atoms with van der Waals surface area (Å²) in [5.41, 5.74) is 0. The monoisotopic (exact) mass is 332 g/mol. The molecule has 0 aliphatic rings. The molecule has 0 aromatic heterocycles.